The third kappa shape index (κ3) is 2.98. The van der Waals surface area contributed by atoms with E-state index in [9.17, 15) is 0 Å². The van der Waals surface area contributed by atoms with Gasteiger partial charge in [0, 0.05) is 18.3 Å². The Morgan fingerprint density at radius 1 is 1.42 bits per heavy atom. The van der Waals surface area contributed by atoms with Crippen LogP contribution >= 0.6 is 0 Å². The maximum Gasteiger partial charge on any atom is 0.138 e. The van der Waals surface area contributed by atoms with E-state index in [-0.39, 0.29) is 0 Å². The fourth-order valence-corrected chi connectivity index (χ4v) is 2.93. The Morgan fingerprint density at radius 3 is 3.00 bits per heavy atom. The van der Waals surface area contributed by atoms with Crippen LogP contribution in [0, 0.1) is 5.92 Å². The van der Waals surface area contributed by atoms with Gasteiger partial charge in [-0.3, -0.25) is 4.98 Å². The molecule has 0 aromatic carbocycles. The highest BCUT2D eigenvalue weighted by Crippen LogP contribution is 2.33. The molecule has 2 bridgehead atoms. The van der Waals surface area contributed by atoms with Crippen molar-refractivity contribution in [2.24, 2.45) is 5.92 Å². The predicted octanol–water partition coefficient (Wildman–Crippen LogP) is 3.02. The van der Waals surface area contributed by atoms with Crippen molar-refractivity contribution in [2.75, 3.05) is 6.61 Å². The summed E-state index contributed by atoms with van der Waals surface area (Å²) < 4.78 is 5.73. The SMILES string of the molecule is CC(C)COc1cncc(/C=C2\CC3CCC2N3)c1. The summed E-state index contributed by atoms with van der Waals surface area (Å²) in [6, 6.07) is 3.41. The van der Waals surface area contributed by atoms with E-state index in [1.54, 1.807) is 6.20 Å². The second-order valence-electron chi connectivity index (χ2n) is 6.08. The first-order valence-corrected chi connectivity index (χ1v) is 7.25. The lowest BCUT2D eigenvalue weighted by atomic mass is 9.93. The molecule has 0 aliphatic carbocycles. The Kier molecular flexibility index (Phi) is 3.56. The summed E-state index contributed by atoms with van der Waals surface area (Å²) in [5.41, 5.74) is 2.68. The number of rotatable bonds is 4. The van der Waals surface area contributed by atoms with Crippen molar-refractivity contribution in [1.82, 2.24) is 10.3 Å². The predicted molar refractivity (Wildman–Crippen MR) is 77.1 cm³/mol. The van der Waals surface area contributed by atoms with Crippen LogP contribution in [-0.4, -0.2) is 23.7 Å². The summed E-state index contributed by atoms with van der Waals surface area (Å²) >= 11 is 0. The van der Waals surface area contributed by atoms with Gasteiger partial charge >= 0.3 is 0 Å². The average molecular weight is 258 g/mol. The van der Waals surface area contributed by atoms with Crippen LogP contribution < -0.4 is 10.1 Å². The van der Waals surface area contributed by atoms with Gasteiger partial charge in [-0.1, -0.05) is 25.5 Å². The van der Waals surface area contributed by atoms with Gasteiger partial charge in [-0.05, 0) is 36.8 Å². The number of ether oxygens (including phenoxy) is 1. The van der Waals surface area contributed by atoms with E-state index >= 15 is 0 Å². The van der Waals surface area contributed by atoms with Crippen molar-refractivity contribution in [3.05, 3.63) is 29.6 Å². The zero-order valence-corrected chi connectivity index (χ0v) is 11.7. The quantitative estimate of drug-likeness (QED) is 0.901. The van der Waals surface area contributed by atoms with Gasteiger partial charge in [-0.25, -0.2) is 0 Å². The van der Waals surface area contributed by atoms with Gasteiger partial charge in [0.2, 0.25) is 0 Å². The first kappa shape index (κ1) is 12.7. The van der Waals surface area contributed by atoms with Crippen molar-refractivity contribution in [3.63, 3.8) is 0 Å². The molecule has 0 saturated carbocycles. The minimum atomic E-state index is 0.539. The molecular formula is C16H22N2O. The molecule has 2 aliphatic heterocycles. The fraction of sp³-hybridized carbons (Fsp3) is 0.562. The van der Waals surface area contributed by atoms with Crippen molar-refractivity contribution in [2.45, 2.75) is 45.2 Å². The second kappa shape index (κ2) is 5.33. The first-order chi connectivity index (χ1) is 9.20. The molecule has 3 nitrogen and oxygen atoms in total. The second-order valence-corrected chi connectivity index (χ2v) is 6.08. The summed E-state index contributed by atoms with van der Waals surface area (Å²) in [6.45, 7) is 5.05. The number of aromatic nitrogens is 1. The molecule has 3 heterocycles. The molecule has 102 valence electrons. The van der Waals surface area contributed by atoms with Gasteiger partial charge in [-0.15, -0.1) is 0 Å². The Morgan fingerprint density at radius 2 is 2.32 bits per heavy atom. The van der Waals surface area contributed by atoms with E-state index in [0.717, 1.165) is 17.9 Å². The summed E-state index contributed by atoms with van der Waals surface area (Å²) in [5.74, 6) is 1.41. The summed E-state index contributed by atoms with van der Waals surface area (Å²) in [7, 11) is 0. The van der Waals surface area contributed by atoms with Crippen LogP contribution in [0.4, 0.5) is 0 Å². The molecular weight excluding hydrogens is 236 g/mol. The highest BCUT2D eigenvalue weighted by atomic mass is 16.5. The van der Waals surface area contributed by atoms with Crippen LogP contribution in [0.1, 0.15) is 38.7 Å². The van der Waals surface area contributed by atoms with E-state index in [2.05, 4.69) is 36.3 Å². The summed E-state index contributed by atoms with van der Waals surface area (Å²) in [6.07, 6.45) is 9.81. The van der Waals surface area contributed by atoms with E-state index in [0.29, 0.717) is 18.0 Å². The van der Waals surface area contributed by atoms with Gasteiger partial charge < -0.3 is 10.1 Å². The van der Waals surface area contributed by atoms with Crippen LogP contribution in [0.25, 0.3) is 6.08 Å². The molecule has 2 fully saturated rings. The van der Waals surface area contributed by atoms with Gasteiger partial charge in [0.05, 0.1) is 12.8 Å². The maximum absolute atomic E-state index is 5.73. The third-order valence-corrected chi connectivity index (χ3v) is 3.84. The summed E-state index contributed by atoms with van der Waals surface area (Å²) in [4.78, 5) is 4.28. The third-order valence-electron chi connectivity index (χ3n) is 3.84. The lowest BCUT2D eigenvalue weighted by Gasteiger charge is -2.12. The van der Waals surface area contributed by atoms with Gasteiger partial charge in [0.1, 0.15) is 5.75 Å². The number of nitrogens with one attached hydrogen (secondary N) is 1. The number of hydrogen-bond acceptors (Lipinski definition) is 3. The van der Waals surface area contributed by atoms with Crippen LogP contribution in [-0.2, 0) is 0 Å². The van der Waals surface area contributed by atoms with Crippen molar-refractivity contribution < 1.29 is 4.74 Å². The summed E-state index contributed by atoms with van der Waals surface area (Å²) in [5, 5.41) is 3.63. The van der Waals surface area contributed by atoms with Crippen molar-refractivity contribution in [1.29, 1.82) is 0 Å². The molecule has 0 radical (unpaired) electrons. The number of fused-ring (bicyclic) bond motifs is 2. The minimum absolute atomic E-state index is 0.539. The van der Waals surface area contributed by atoms with Gasteiger partial charge in [0.15, 0.2) is 0 Å². The highest BCUT2D eigenvalue weighted by Gasteiger charge is 2.34. The molecule has 0 amide bonds. The molecule has 1 aromatic rings. The molecule has 1 aromatic heterocycles. The maximum atomic E-state index is 5.73. The number of nitrogens with zero attached hydrogens (tertiary/aromatic N) is 1. The standard InChI is InChI=1S/C16H22N2O/c1-11(2)10-19-15-6-12(8-17-9-15)5-13-7-14-3-4-16(13)18-14/h5-6,8-9,11,14,16,18H,3-4,7,10H2,1-2H3/b13-5+. The monoisotopic (exact) mass is 258 g/mol. The van der Waals surface area contributed by atoms with Crippen LogP contribution in [0.3, 0.4) is 0 Å². The first-order valence-electron chi connectivity index (χ1n) is 7.25. The smallest absolute Gasteiger partial charge is 0.138 e. The Hall–Kier alpha value is -1.35. The van der Waals surface area contributed by atoms with Gasteiger partial charge in [-0.2, -0.15) is 0 Å². The molecule has 2 unspecified atom stereocenters. The lowest BCUT2D eigenvalue weighted by molar-refractivity contribution is 0.270. The lowest BCUT2D eigenvalue weighted by Crippen LogP contribution is -2.18. The molecule has 0 spiro atoms. The highest BCUT2D eigenvalue weighted by molar-refractivity contribution is 5.56. The van der Waals surface area contributed by atoms with Crippen LogP contribution in [0.2, 0.25) is 0 Å². The molecule has 1 N–H and O–H groups in total. The van der Waals surface area contributed by atoms with E-state index in [1.165, 1.54) is 24.8 Å². The molecule has 3 rings (SSSR count). The van der Waals surface area contributed by atoms with E-state index in [4.69, 9.17) is 4.74 Å². The molecule has 2 saturated heterocycles. The molecule has 3 heteroatoms. The zero-order chi connectivity index (χ0) is 13.2. The molecule has 2 atom stereocenters. The van der Waals surface area contributed by atoms with Crippen LogP contribution in [0.5, 0.6) is 5.75 Å². The van der Waals surface area contributed by atoms with Crippen LogP contribution in [0.15, 0.2) is 24.0 Å². The molecule has 19 heavy (non-hydrogen) atoms. The normalized spacial score (nSPS) is 27.4. The van der Waals surface area contributed by atoms with E-state index < -0.39 is 0 Å². The zero-order valence-electron chi connectivity index (χ0n) is 11.7. The van der Waals surface area contributed by atoms with Gasteiger partial charge in [0.25, 0.3) is 0 Å². The number of hydrogen-bond donors (Lipinski definition) is 1. The average Bonchev–Trinajstić information content (AvgIpc) is 2.99. The van der Waals surface area contributed by atoms with Crippen molar-refractivity contribution >= 4 is 6.08 Å². The minimum Gasteiger partial charge on any atom is -0.492 e. The Balaban J connectivity index is 1.71. The largest absolute Gasteiger partial charge is 0.492 e. The Bertz CT molecular complexity index is 481. The van der Waals surface area contributed by atoms with E-state index in [1.807, 2.05) is 6.20 Å². The topological polar surface area (TPSA) is 34.1 Å². The Labute approximate surface area is 115 Å². The number of pyridine rings is 1. The molecule has 2 aliphatic rings. The van der Waals surface area contributed by atoms with Crippen molar-refractivity contribution in [3.8, 4) is 5.75 Å². The fourth-order valence-electron chi connectivity index (χ4n) is 2.93.